The number of hydrogen-bond donors (Lipinski definition) is 1. The van der Waals surface area contributed by atoms with Crippen LogP contribution in [0.25, 0.3) is 10.1 Å². The number of fused-ring (bicyclic) bond motifs is 1. The van der Waals surface area contributed by atoms with Crippen LogP contribution in [0.15, 0.2) is 23.6 Å². The molecule has 2 rings (SSSR count). The van der Waals surface area contributed by atoms with Gasteiger partial charge in [0, 0.05) is 21.8 Å². The summed E-state index contributed by atoms with van der Waals surface area (Å²) < 4.78 is 1.30. The summed E-state index contributed by atoms with van der Waals surface area (Å²) in [5.41, 5.74) is 1.48. The smallest absolute Gasteiger partial charge is 0.0413 e. The Balaban J connectivity index is 2.28. The standard InChI is InChI=1S/C13H16ClNS/c1-13(2,3)15-7-9-8-16-12-5-4-10(14)6-11(9)12/h4-6,8,15H,7H2,1-3H3. The monoisotopic (exact) mass is 253 g/mol. The van der Waals surface area contributed by atoms with E-state index < -0.39 is 0 Å². The lowest BCUT2D eigenvalue weighted by atomic mass is 10.1. The van der Waals surface area contributed by atoms with E-state index in [1.54, 1.807) is 11.3 Å². The Morgan fingerprint density at radius 3 is 2.75 bits per heavy atom. The van der Waals surface area contributed by atoms with E-state index >= 15 is 0 Å². The predicted octanol–water partition coefficient (Wildman–Crippen LogP) is 4.44. The molecule has 0 spiro atoms. The fourth-order valence-electron chi connectivity index (χ4n) is 1.55. The third-order valence-electron chi connectivity index (χ3n) is 2.42. The van der Waals surface area contributed by atoms with E-state index in [-0.39, 0.29) is 5.54 Å². The van der Waals surface area contributed by atoms with Gasteiger partial charge >= 0.3 is 0 Å². The number of hydrogen-bond acceptors (Lipinski definition) is 2. The minimum Gasteiger partial charge on any atom is -0.308 e. The zero-order valence-electron chi connectivity index (χ0n) is 9.80. The fourth-order valence-corrected chi connectivity index (χ4v) is 2.67. The van der Waals surface area contributed by atoms with E-state index in [0.717, 1.165) is 11.6 Å². The Bertz CT molecular complexity index is 496. The second-order valence-corrected chi connectivity index (χ2v) is 6.35. The lowest BCUT2D eigenvalue weighted by Gasteiger charge is -2.20. The maximum atomic E-state index is 6.02. The fraction of sp³-hybridized carbons (Fsp3) is 0.385. The van der Waals surface area contributed by atoms with Gasteiger partial charge in [0.1, 0.15) is 0 Å². The maximum Gasteiger partial charge on any atom is 0.0413 e. The number of nitrogens with one attached hydrogen (secondary N) is 1. The van der Waals surface area contributed by atoms with E-state index in [1.807, 2.05) is 12.1 Å². The first-order valence-corrected chi connectivity index (χ1v) is 6.62. The third kappa shape index (κ3) is 2.76. The minimum absolute atomic E-state index is 0.146. The lowest BCUT2D eigenvalue weighted by Crippen LogP contribution is -2.34. The molecule has 0 saturated heterocycles. The van der Waals surface area contributed by atoms with Gasteiger partial charge in [0.2, 0.25) is 0 Å². The number of rotatable bonds is 2. The molecular weight excluding hydrogens is 238 g/mol. The van der Waals surface area contributed by atoms with Gasteiger partial charge in [-0.1, -0.05) is 11.6 Å². The maximum absolute atomic E-state index is 6.02. The molecule has 86 valence electrons. The van der Waals surface area contributed by atoms with Crippen molar-refractivity contribution >= 4 is 33.0 Å². The molecule has 0 bridgehead atoms. The first kappa shape index (κ1) is 11.9. The van der Waals surface area contributed by atoms with Crippen molar-refractivity contribution in [2.75, 3.05) is 0 Å². The van der Waals surface area contributed by atoms with Crippen molar-refractivity contribution in [3.05, 3.63) is 34.2 Å². The van der Waals surface area contributed by atoms with Gasteiger partial charge in [0.25, 0.3) is 0 Å². The highest BCUT2D eigenvalue weighted by atomic mass is 35.5. The van der Waals surface area contributed by atoms with Gasteiger partial charge in [-0.25, -0.2) is 0 Å². The van der Waals surface area contributed by atoms with Crippen molar-refractivity contribution in [1.29, 1.82) is 0 Å². The van der Waals surface area contributed by atoms with Gasteiger partial charge in [-0.15, -0.1) is 11.3 Å². The SMILES string of the molecule is CC(C)(C)NCc1csc2ccc(Cl)cc12. The summed E-state index contributed by atoms with van der Waals surface area (Å²) in [5.74, 6) is 0. The molecule has 0 fully saturated rings. The summed E-state index contributed by atoms with van der Waals surface area (Å²) >= 11 is 7.80. The molecule has 1 nitrogen and oxygen atoms in total. The van der Waals surface area contributed by atoms with Crippen LogP contribution in [0.2, 0.25) is 5.02 Å². The highest BCUT2D eigenvalue weighted by Crippen LogP contribution is 2.28. The van der Waals surface area contributed by atoms with Crippen LogP contribution in [0.3, 0.4) is 0 Å². The molecule has 1 aromatic heterocycles. The average Bonchev–Trinajstić information content (AvgIpc) is 2.56. The molecule has 3 heteroatoms. The summed E-state index contributed by atoms with van der Waals surface area (Å²) in [6.45, 7) is 7.42. The predicted molar refractivity (Wildman–Crippen MR) is 73.4 cm³/mol. The molecule has 2 aromatic rings. The molecule has 0 amide bonds. The second kappa shape index (κ2) is 4.36. The van der Waals surface area contributed by atoms with Crippen LogP contribution in [-0.4, -0.2) is 5.54 Å². The van der Waals surface area contributed by atoms with Crippen LogP contribution in [0.4, 0.5) is 0 Å². The van der Waals surface area contributed by atoms with Gasteiger partial charge < -0.3 is 5.32 Å². The molecular formula is C13H16ClNS. The van der Waals surface area contributed by atoms with Gasteiger partial charge in [0.05, 0.1) is 0 Å². The summed E-state index contributed by atoms with van der Waals surface area (Å²) in [5, 5.41) is 7.79. The zero-order chi connectivity index (χ0) is 11.8. The largest absolute Gasteiger partial charge is 0.308 e. The minimum atomic E-state index is 0.146. The molecule has 0 radical (unpaired) electrons. The molecule has 0 unspecified atom stereocenters. The molecule has 0 aliphatic carbocycles. The van der Waals surface area contributed by atoms with Crippen LogP contribution >= 0.6 is 22.9 Å². The lowest BCUT2D eigenvalue weighted by molar-refractivity contribution is 0.425. The highest BCUT2D eigenvalue weighted by molar-refractivity contribution is 7.17. The van der Waals surface area contributed by atoms with Crippen molar-refractivity contribution in [3.63, 3.8) is 0 Å². The van der Waals surface area contributed by atoms with Crippen molar-refractivity contribution in [3.8, 4) is 0 Å². The molecule has 0 aliphatic heterocycles. The van der Waals surface area contributed by atoms with E-state index in [4.69, 9.17) is 11.6 Å². The van der Waals surface area contributed by atoms with Crippen LogP contribution < -0.4 is 5.32 Å². The highest BCUT2D eigenvalue weighted by Gasteiger charge is 2.10. The summed E-state index contributed by atoms with van der Waals surface area (Å²) in [6, 6.07) is 6.08. The van der Waals surface area contributed by atoms with Gasteiger partial charge in [-0.05, 0) is 55.3 Å². The molecule has 16 heavy (non-hydrogen) atoms. The van der Waals surface area contributed by atoms with Crippen molar-refractivity contribution in [1.82, 2.24) is 5.32 Å². The summed E-state index contributed by atoms with van der Waals surface area (Å²) in [6.07, 6.45) is 0. The van der Waals surface area contributed by atoms with E-state index in [2.05, 4.69) is 37.5 Å². The van der Waals surface area contributed by atoms with Crippen LogP contribution in [0, 0.1) is 0 Å². The normalized spacial score (nSPS) is 12.2. The van der Waals surface area contributed by atoms with Crippen molar-refractivity contribution < 1.29 is 0 Å². The second-order valence-electron chi connectivity index (χ2n) is 5.00. The Labute approximate surface area is 105 Å². The third-order valence-corrected chi connectivity index (χ3v) is 3.67. The number of thiophene rings is 1. The summed E-state index contributed by atoms with van der Waals surface area (Å²) in [4.78, 5) is 0. The number of halogens is 1. The van der Waals surface area contributed by atoms with Gasteiger partial charge in [0.15, 0.2) is 0 Å². The summed E-state index contributed by atoms with van der Waals surface area (Å²) in [7, 11) is 0. The van der Waals surface area contributed by atoms with Crippen LogP contribution in [0.1, 0.15) is 26.3 Å². The molecule has 1 aromatic carbocycles. The molecule has 0 saturated carbocycles. The van der Waals surface area contributed by atoms with E-state index in [1.165, 1.54) is 15.6 Å². The van der Waals surface area contributed by atoms with Gasteiger partial charge in [-0.2, -0.15) is 0 Å². The Kier molecular flexibility index (Phi) is 3.24. The first-order valence-electron chi connectivity index (χ1n) is 5.36. The van der Waals surface area contributed by atoms with Crippen molar-refractivity contribution in [2.24, 2.45) is 0 Å². The number of benzene rings is 1. The molecule has 1 N–H and O–H groups in total. The van der Waals surface area contributed by atoms with Crippen LogP contribution in [0.5, 0.6) is 0 Å². The Morgan fingerprint density at radius 2 is 2.06 bits per heavy atom. The van der Waals surface area contributed by atoms with Gasteiger partial charge in [-0.3, -0.25) is 0 Å². The zero-order valence-corrected chi connectivity index (χ0v) is 11.4. The van der Waals surface area contributed by atoms with Crippen molar-refractivity contribution in [2.45, 2.75) is 32.9 Å². The Hall–Kier alpha value is -0.570. The van der Waals surface area contributed by atoms with E-state index in [0.29, 0.717) is 0 Å². The van der Waals surface area contributed by atoms with E-state index in [9.17, 15) is 0 Å². The molecule has 1 heterocycles. The molecule has 0 atom stereocenters. The Morgan fingerprint density at radius 1 is 1.31 bits per heavy atom. The quantitative estimate of drug-likeness (QED) is 0.834. The topological polar surface area (TPSA) is 12.0 Å². The van der Waals surface area contributed by atoms with Crippen LogP contribution in [-0.2, 0) is 6.54 Å². The molecule has 0 aliphatic rings. The first-order chi connectivity index (χ1) is 7.46. The average molecular weight is 254 g/mol.